The first-order chi connectivity index (χ1) is 14.8. The summed E-state index contributed by atoms with van der Waals surface area (Å²) < 4.78 is 0. The number of likely N-dealkylation sites (N-methyl/N-ethyl adjacent to an activating group) is 1. The van der Waals surface area contributed by atoms with Gasteiger partial charge in [-0.3, -0.25) is 14.6 Å². The third-order valence-corrected chi connectivity index (χ3v) is 9.37. The fourth-order valence-electron chi connectivity index (χ4n) is 8.00. The molecule has 7 atom stereocenters. The third-order valence-electron chi connectivity index (χ3n) is 9.37. The molecular formula is C26H35N3O2. The van der Waals surface area contributed by atoms with E-state index in [0.29, 0.717) is 18.4 Å². The number of carbonyl (C=O) groups excluding carboxylic acids is 2. The Kier molecular flexibility index (Phi) is 4.98. The van der Waals surface area contributed by atoms with Crippen molar-refractivity contribution in [1.82, 2.24) is 15.2 Å². The Hall–Kier alpha value is -2.17. The van der Waals surface area contributed by atoms with Crippen molar-refractivity contribution in [2.24, 2.45) is 34.5 Å². The highest BCUT2D eigenvalue weighted by molar-refractivity contribution is 5.89. The molecule has 3 fully saturated rings. The summed E-state index contributed by atoms with van der Waals surface area (Å²) in [6.07, 6.45) is 12.6. The van der Waals surface area contributed by atoms with Crippen molar-refractivity contribution in [3.05, 3.63) is 42.2 Å². The van der Waals surface area contributed by atoms with Crippen LogP contribution in [0.3, 0.4) is 0 Å². The van der Waals surface area contributed by atoms with E-state index in [0.717, 1.165) is 25.0 Å². The highest BCUT2D eigenvalue weighted by Crippen LogP contribution is 2.65. The van der Waals surface area contributed by atoms with Gasteiger partial charge in [0.05, 0.1) is 12.2 Å². The minimum atomic E-state index is -0.150. The van der Waals surface area contributed by atoms with E-state index in [1.807, 2.05) is 30.1 Å². The van der Waals surface area contributed by atoms with Crippen LogP contribution in [0.5, 0.6) is 0 Å². The van der Waals surface area contributed by atoms with Crippen LogP contribution in [0.15, 0.2) is 36.5 Å². The second-order valence-corrected chi connectivity index (χ2v) is 10.9. The Balaban J connectivity index is 1.48. The van der Waals surface area contributed by atoms with Crippen molar-refractivity contribution in [1.29, 1.82) is 0 Å². The summed E-state index contributed by atoms with van der Waals surface area (Å²) in [7, 11) is 1.94. The summed E-state index contributed by atoms with van der Waals surface area (Å²) in [6, 6.07) is 6.00. The molecule has 0 saturated heterocycles. The number of hydrogen-bond donors (Lipinski definition) is 1. The van der Waals surface area contributed by atoms with Gasteiger partial charge in [-0.2, -0.15) is 0 Å². The van der Waals surface area contributed by atoms with E-state index in [2.05, 4.69) is 30.2 Å². The molecule has 0 radical (unpaired) electrons. The van der Waals surface area contributed by atoms with Crippen molar-refractivity contribution < 1.29 is 9.59 Å². The standard InChI is InChI=1S/C26H35N3O2/c1-25-12-6-8-20(25)18-9-10-21-26(2,13-11-22(30)29(21)3)23(18)19(15-25)24(31)28-16-17-7-4-5-14-27-17/h4-5,7,11,13-14,18-21,23H,6,8-10,12,15-16H2,1-3H3,(H,28,31)/t18-,19?,20-,21?,23-,25-,26-/m0/s1. The number of fused-ring (bicyclic) bond motifs is 5. The van der Waals surface area contributed by atoms with Crippen molar-refractivity contribution >= 4 is 11.8 Å². The van der Waals surface area contributed by atoms with E-state index >= 15 is 0 Å². The molecule has 0 aromatic carbocycles. The highest BCUT2D eigenvalue weighted by atomic mass is 16.2. The summed E-state index contributed by atoms with van der Waals surface area (Å²) in [4.78, 5) is 32.4. The maximum absolute atomic E-state index is 13.7. The minimum absolute atomic E-state index is 0.0212. The monoisotopic (exact) mass is 421 g/mol. The number of nitrogens with one attached hydrogen (secondary N) is 1. The van der Waals surface area contributed by atoms with Gasteiger partial charge < -0.3 is 10.2 Å². The van der Waals surface area contributed by atoms with Gasteiger partial charge in [-0.1, -0.05) is 32.4 Å². The number of nitrogens with zero attached hydrogens (tertiary/aromatic N) is 2. The first-order valence-corrected chi connectivity index (χ1v) is 12.0. The minimum Gasteiger partial charge on any atom is -0.350 e. The number of carbonyl (C=O) groups is 2. The third kappa shape index (κ3) is 3.23. The normalized spacial score (nSPS) is 41.3. The van der Waals surface area contributed by atoms with Crippen molar-refractivity contribution in [3.63, 3.8) is 0 Å². The van der Waals surface area contributed by atoms with E-state index in [4.69, 9.17) is 0 Å². The summed E-state index contributed by atoms with van der Waals surface area (Å²) in [6.45, 7) is 5.22. The van der Waals surface area contributed by atoms with Crippen LogP contribution in [0.4, 0.5) is 0 Å². The zero-order valence-electron chi connectivity index (χ0n) is 19.0. The molecule has 1 aliphatic heterocycles. The lowest BCUT2D eigenvalue weighted by Gasteiger charge is -2.61. The van der Waals surface area contributed by atoms with Gasteiger partial charge in [-0.25, -0.2) is 0 Å². The Morgan fingerprint density at radius 1 is 1.26 bits per heavy atom. The van der Waals surface area contributed by atoms with Crippen molar-refractivity contribution in [2.45, 2.75) is 65.0 Å². The Bertz CT molecular complexity index is 899. The Morgan fingerprint density at radius 3 is 2.87 bits per heavy atom. The second kappa shape index (κ2) is 7.46. The molecule has 1 aromatic rings. The Morgan fingerprint density at radius 2 is 2.10 bits per heavy atom. The Labute approximate surface area is 185 Å². The molecule has 1 aromatic heterocycles. The molecule has 1 N–H and O–H groups in total. The van der Waals surface area contributed by atoms with Crippen LogP contribution in [0, 0.1) is 34.5 Å². The zero-order valence-corrected chi connectivity index (χ0v) is 19.0. The number of amides is 2. The topological polar surface area (TPSA) is 62.3 Å². The smallest absolute Gasteiger partial charge is 0.246 e. The lowest BCUT2D eigenvalue weighted by Crippen LogP contribution is -2.63. The van der Waals surface area contributed by atoms with E-state index in [9.17, 15) is 9.59 Å². The molecular weight excluding hydrogens is 386 g/mol. The second-order valence-electron chi connectivity index (χ2n) is 10.9. The molecule has 0 bridgehead atoms. The largest absolute Gasteiger partial charge is 0.350 e. The molecule has 31 heavy (non-hydrogen) atoms. The number of rotatable bonds is 3. The average molecular weight is 422 g/mol. The van der Waals surface area contributed by atoms with Crippen molar-refractivity contribution in [2.75, 3.05) is 7.05 Å². The molecule has 2 amide bonds. The van der Waals surface area contributed by atoms with Gasteiger partial charge in [-0.15, -0.1) is 0 Å². The van der Waals surface area contributed by atoms with Gasteiger partial charge >= 0.3 is 0 Å². The van der Waals surface area contributed by atoms with Crippen molar-refractivity contribution in [3.8, 4) is 0 Å². The predicted molar refractivity (Wildman–Crippen MR) is 120 cm³/mol. The number of aromatic nitrogens is 1. The van der Waals surface area contributed by atoms with Crippen LogP contribution in [0.1, 0.15) is 58.1 Å². The molecule has 3 saturated carbocycles. The van der Waals surface area contributed by atoms with Gasteiger partial charge in [0.2, 0.25) is 11.8 Å². The van der Waals surface area contributed by atoms with Gasteiger partial charge in [0.1, 0.15) is 0 Å². The molecule has 3 aliphatic carbocycles. The van der Waals surface area contributed by atoms with Crippen LogP contribution in [-0.4, -0.2) is 34.8 Å². The summed E-state index contributed by atoms with van der Waals surface area (Å²) in [5, 5.41) is 3.23. The lowest BCUT2D eigenvalue weighted by atomic mass is 9.45. The quantitative estimate of drug-likeness (QED) is 0.804. The SMILES string of the molecule is CN1C(=O)C=C[C@@]2(C)C1CC[C@@H]1[C@H]2C(C(=O)NCc2ccccn2)C[C@]2(C)CCC[C@@H]12. The summed E-state index contributed by atoms with van der Waals surface area (Å²) in [5.41, 5.74) is 1.00. The zero-order chi connectivity index (χ0) is 21.8. The van der Waals surface area contributed by atoms with E-state index in [-0.39, 0.29) is 40.5 Å². The van der Waals surface area contributed by atoms with Crippen LogP contribution in [0.25, 0.3) is 0 Å². The first-order valence-electron chi connectivity index (χ1n) is 12.0. The molecule has 5 rings (SSSR count). The van der Waals surface area contributed by atoms with Gasteiger partial charge in [0, 0.05) is 30.6 Å². The number of hydrogen-bond acceptors (Lipinski definition) is 3. The molecule has 166 valence electrons. The maximum atomic E-state index is 13.7. The van der Waals surface area contributed by atoms with Gasteiger partial charge in [-0.05, 0) is 73.5 Å². The van der Waals surface area contributed by atoms with Crippen LogP contribution in [-0.2, 0) is 16.1 Å². The average Bonchev–Trinajstić information content (AvgIpc) is 3.16. The molecule has 4 aliphatic rings. The number of pyridine rings is 1. The van der Waals surface area contributed by atoms with E-state index in [1.165, 1.54) is 19.3 Å². The lowest BCUT2D eigenvalue weighted by molar-refractivity contribution is -0.154. The van der Waals surface area contributed by atoms with Crippen LogP contribution >= 0.6 is 0 Å². The van der Waals surface area contributed by atoms with Gasteiger partial charge in [0.15, 0.2) is 0 Å². The molecule has 5 nitrogen and oxygen atoms in total. The highest BCUT2D eigenvalue weighted by Gasteiger charge is 2.62. The molecule has 0 spiro atoms. The summed E-state index contributed by atoms with van der Waals surface area (Å²) in [5.74, 6) is 1.77. The maximum Gasteiger partial charge on any atom is 0.246 e. The first kappa shape index (κ1) is 20.7. The van der Waals surface area contributed by atoms with Gasteiger partial charge in [0.25, 0.3) is 0 Å². The van der Waals surface area contributed by atoms with Crippen LogP contribution < -0.4 is 5.32 Å². The fraction of sp³-hybridized carbons (Fsp3) is 0.654. The summed E-state index contributed by atoms with van der Waals surface area (Å²) >= 11 is 0. The predicted octanol–water partition coefficient (Wildman–Crippen LogP) is 3.95. The molecule has 5 heteroatoms. The molecule has 2 heterocycles. The van der Waals surface area contributed by atoms with E-state index < -0.39 is 0 Å². The fourth-order valence-corrected chi connectivity index (χ4v) is 8.00. The van der Waals surface area contributed by atoms with Crippen LogP contribution in [0.2, 0.25) is 0 Å². The van der Waals surface area contributed by atoms with E-state index in [1.54, 1.807) is 12.3 Å². The molecule has 2 unspecified atom stereocenters.